The first-order valence-electron chi connectivity index (χ1n) is 5.50. The fraction of sp³-hybridized carbons (Fsp3) is 0.333. The van der Waals surface area contributed by atoms with E-state index in [0.717, 1.165) is 17.9 Å². The molecule has 2 N–H and O–H groups in total. The molecule has 5 nitrogen and oxygen atoms in total. The summed E-state index contributed by atoms with van der Waals surface area (Å²) in [6, 6.07) is 5.50. The van der Waals surface area contributed by atoms with Gasteiger partial charge in [0.25, 0.3) is 0 Å². The van der Waals surface area contributed by atoms with Crippen molar-refractivity contribution < 1.29 is 9.47 Å². The van der Waals surface area contributed by atoms with Crippen LogP contribution < -0.4 is 20.2 Å². The van der Waals surface area contributed by atoms with Crippen molar-refractivity contribution in [2.45, 2.75) is 6.92 Å². The summed E-state index contributed by atoms with van der Waals surface area (Å²) in [5.74, 6) is 1.43. The molecule has 1 rings (SSSR count). The second-order valence-corrected chi connectivity index (χ2v) is 3.75. The molecule has 1 aromatic rings. The lowest BCUT2D eigenvalue weighted by Crippen LogP contribution is -2.31. The summed E-state index contributed by atoms with van der Waals surface area (Å²) in [7, 11) is 3.21. The van der Waals surface area contributed by atoms with Crippen LogP contribution in [0.4, 0.5) is 0 Å². The van der Waals surface area contributed by atoms with Gasteiger partial charge in [0.2, 0.25) is 0 Å². The van der Waals surface area contributed by atoms with E-state index in [1.807, 2.05) is 19.1 Å². The van der Waals surface area contributed by atoms with Crippen LogP contribution in [-0.4, -0.2) is 32.1 Å². The molecule has 0 amide bonds. The Kier molecular flexibility index (Phi) is 5.93. The van der Waals surface area contributed by atoms with E-state index in [-0.39, 0.29) is 0 Å². The number of benzene rings is 1. The lowest BCUT2D eigenvalue weighted by atomic mass is 10.2. The maximum atomic E-state index is 5.25. The number of hydrogen-bond acceptors (Lipinski definition) is 4. The Bertz CT molecular complexity index is 435. The Morgan fingerprint density at radius 1 is 1.39 bits per heavy atom. The van der Waals surface area contributed by atoms with E-state index >= 15 is 0 Å². The topological polar surface area (TPSA) is 54.9 Å². The summed E-state index contributed by atoms with van der Waals surface area (Å²) in [5, 5.41) is 7.45. The number of nitrogens with zero attached hydrogens (tertiary/aromatic N) is 1. The van der Waals surface area contributed by atoms with Crippen molar-refractivity contribution in [2.24, 2.45) is 5.10 Å². The Balaban J connectivity index is 2.71. The highest BCUT2D eigenvalue weighted by Gasteiger charge is 2.02. The maximum absolute atomic E-state index is 5.25. The number of nitrogens with one attached hydrogen (secondary N) is 2. The number of hydrazone groups is 1. The lowest BCUT2D eigenvalue weighted by molar-refractivity contribution is 0.394. The molecule has 0 saturated heterocycles. The summed E-state index contributed by atoms with van der Waals surface area (Å²) in [5.41, 5.74) is 3.55. The first-order valence-corrected chi connectivity index (χ1v) is 5.91. The molecule has 1 aromatic carbocycles. The van der Waals surface area contributed by atoms with Crippen LogP contribution in [0.2, 0.25) is 0 Å². The average molecular weight is 267 g/mol. The molecule has 6 heteroatoms. The third-order valence-corrected chi connectivity index (χ3v) is 2.38. The maximum Gasteiger partial charge on any atom is 0.186 e. The zero-order chi connectivity index (χ0) is 13.4. The van der Waals surface area contributed by atoms with E-state index in [2.05, 4.69) is 15.8 Å². The van der Waals surface area contributed by atoms with E-state index < -0.39 is 0 Å². The molecule has 0 spiro atoms. The van der Waals surface area contributed by atoms with Crippen molar-refractivity contribution in [3.05, 3.63) is 23.8 Å². The molecule has 0 atom stereocenters. The monoisotopic (exact) mass is 267 g/mol. The van der Waals surface area contributed by atoms with E-state index in [1.165, 1.54) is 0 Å². The highest BCUT2D eigenvalue weighted by molar-refractivity contribution is 7.80. The molecule has 0 saturated carbocycles. The molecule has 0 aliphatic heterocycles. The molecule has 0 unspecified atom stereocenters. The number of thiocarbonyl (C=S) groups is 1. The minimum atomic E-state index is 0.487. The quantitative estimate of drug-likeness (QED) is 0.481. The van der Waals surface area contributed by atoms with E-state index in [9.17, 15) is 0 Å². The van der Waals surface area contributed by atoms with Gasteiger partial charge in [0.05, 0.1) is 20.4 Å². The summed E-state index contributed by atoms with van der Waals surface area (Å²) < 4.78 is 10.4. The molecule has 0 bridgehead atoms. The Labute approximate surface area is 112 Å². The van der Waals surface area contributed by atoms with Gasteiger partial charge in [0.15, 0.2) is 5.11 Å². The second-order valence-electron chi connectivity index (χ2n) is 3.34. The molecule has 18 heavy (non-hydrogen) atoms. The van der Waals surface area contributed by atoms with Crippen molar-refractivity contribution in [3.63, 3.8) is 0 Å². The van der Waals surface area contributed by atoms with Crippen LogP contribution in [0.1, 0.15) is 12.5 Å². The minimum Gasteiger partial charge on any atom is -0.497 e. The first-order chi connectivity index (χ1) is 8.71. The first kappa shape index (κ1) is 14.2. The van der Waals surface area contributed by atoms with Gasteiger partial charge in [-0.15, -0.1) is 0 Å². The van der Waals surface area contributed by atoms with E-state index in [4.69, 9.17) is 21.7 Å². The fourth-order valence-electron chi connectivity index (χ4n) is 1.29. The average Bonchev–Trinajstić information content (AvgIpc) is 2.39. The zero-order valence-electron chi connectivity index (χ0n) is 10.7. The van der Waals surface area contributed by atoms with Crippen molar-refractivity contribution in [2.75, 3.05) is 20.8 Å². The highest BCUT2D eigenvalue weighted by atomic mass is 32.1. The molecule has 0 fully saturated rings. The van der Waals surface area contributed by atoms with Crippen molar-refractivity contribution in [1.29, 1.82) is 0 Å². The van der Waals surface area contributed by atoms with Gasteiger partial charge in [0, 0.05) is 18.2 Å². The molecule has 0 aliphatic rings. The van der Waals surface area contributed by atoms with Gasteiger partial charge in [-0.2, -0.15) is 5.10 Å². The van der Waals surface area contributed by atoms with Gasteiger partial charge in [-0.25, -0.2) is 0 Å². The number of rotatable bonds is 5. The standard InChI is InChI=1S/C12H17N3O2S/c1-4-13-12(18)15-14-8-9-5-6-10(16-2)7-11(9)17-3/h5-8H,4H2,1-3H3,(H2,13,15,18). The van der Waals surface area contributed by atoms with E-state index in [1.54, 1.807) is 26.5 Å². The fourth-order valence-corrected chi connectivity index (χ4v) is 1.48. The third-order valence-electron chi connectivity index (χ3n) is 2.15. The van der Waals surface area contributed by atoms with Gasteiger partial charge in [-0.3, -0.25) is 5.43 Å². The third kappa shape index (κ3) is 4.21. The van der Waals surface area contributed by atoms with Crippen LogP contribution in [0.15, 0.2) is 23.3 Å². The van der Waals surface area contributed by atoms with Crippen LogP contribution in [0, 0.1) is 0 Å². The van der Waals surface area contributed by atoms with Crippen molar-refractivity contribution in [3.8, 4) is 11.5 Å². The molecule has 98 valence electrons. The largest absolute Gasteiger partial charge is 0.497 e. The summed E-state index contributed by atoms with van der Waals surface area (Å²) in [6.07, 6.45) is 1.64. The smallest absolute Gasteiger partial charge is 0.186 e. The lowest BCUT2D eigenvalue weighted by Gasteiger charge is -2.07. The van der Waals surface area contributed by atoms with Gasteiger partial charge < -0.3 is 14.8 Å². The molecule has 0 radical (unpaired) electrons. The molecule has 0 aromatic heterocycles. The molecule has 0 aliphatic carbocycles. The zero-order valence-corrected chi connectivity index (χ0v) is 11.5. The SMILES string of the molecule is CCNC(=S)NN=Cc1ccc(OC)cc1OC. The van der Waals surface area contributed by atoms with E-state index in [0.29, 0.717) is 10.9 Å². The Morgan fingerprint density at radius 2 is 2.17 bits per heavy atom. The van der Waals surface area contributed by atoms with Crippen LogP contribution in [0.3, 0.4) is 0 Å². The predicted molar refractivity (Wildman–Crippen MR) is 76.6 cm³/mol. The van der Waals surface area contributed by atoms with Crippen molar-refractivity contribution in [1.82, 2.24) is 10.7 Å². The van der Waals surface area contributed by atoms with Crippen LogP contribution >= 0.6 is 12.2 Å². The molecule has 0 heterocycles. The van der Waals surface area contributed by atoms with Gasteiger partial charge in [-0.1, -0.05) is 0 Å². The predicted octanol–water partition coefficient (Wildman–Crippen LogP) is 1.52. The Morgan fingerprint density at radius 3 is 2.78 bits per heavy atom. The van der Waals surface area contributed by atoms with Crippen LogP contribution in [0.5, 0.6) is 11.5 Å². The summed E-state index contributed by atoms with van der Waals surface area (Å²) in [4.78, 5) is 0. The molecular formula is C12H17N3O2S. The summed E-state index contributed by atoms with van der Waals surface area (Å²) in [6.45, 7) is 2.72. The van der Waals surface area contributed by atoms with Crippen LogP contribution in [-0.2, 0) is 0 Å². The second kappa shape index (κ2) is 7.50. The highest BCUT2D eigenvalue weighted by Crippen LogP contribution is 2.22. The van der Waals surface area contributed by atoms with Gasteiger partial charge in [-0.05, 0) is 31.3 Å². The number of ether oxygens (including phenoxy) is 2. The van der Waals surface area contributed by atoms with Gasteiger partial charge in [0.1, 0.15) is 11.5 Å². The van der Waals surface area contributed by atoms with Crippen LogP contribution in [0.25, 0.3) is 0 Å². The van der Waals surface area contributed by atoms with Gasteiger partial charge >= 0.3 is 0 Å². The normalized spacial score (nSPS) is 10.2. The number of methoxy groups -OCH3 is 2. The number of hydrogen-bond donors (Lipinski definition) is 2. The van der Waals surface area contributed by atoms with Crippen molar-refractivity contribution >= 4 is 23.5 Å². The minimum absolute atomic E-state index is 0.487. The molecular weight excluding hydrogens is 250 g/mol. The Hall–Kier alpha value is -1.82. The summed E-state index contributed by atoms with van der Waals surface area (Å²) >= 11 is 4.98.